The molecule has 3 aliphatic rings. The first-order chi connectivity index (χ1) is 14.1. The third kappa shape index (κ3) is 3.81. The largest absolute Gasteiger partial charge is 0.489 e. The van der Waals surface area contributed by atoms with Crippen molar-refractivity contribution < 1.29 is 9.47 Å². The molecule has 0 aliphatic carbocycles. The molecule has 5 rings (SSSR count). The quantitative estimate of drug-likeness (QED) is 0.715. The summed E-state index contributed by atoms with van der Waals surface area (Å²) in [5.74, 6) is 2.32. The minimum Gasteiger partial charge on any atom is -0.489 e. The van der Waals surface area contributed by atoms with Gasteiger partial charge in [0.1, 0.15) is 12.4 Å². The van der Waals surface area contributed by atoms with E-state index in [1.807, 2.05) is 18.2 Å². The fourth-order valence-corrected chi connectivity index (χ4v) is 5.76. The summed E-state index contributed by atoms with van der Waals surface area (Å²) in [5.41, 5.74) is 2.68. The molecular weight excluding hydrogens is 360 g/mol. The molecule has 1 spiro atoms. The SMILES string of the molecule is CN(C)C[C@H]1[C@H]2CN(Cc3ccc(OCc4ccccc4)cc3)C[C@]23CC[C@H]1O3. The van der Waals surface area contributed by atoms with Crippen LogP contribution in [0.15, 0.2) is 54.6 Å². The predicted molar refractivity (Wildman–Crippen MR) is 115 cm³/mol. The lowest BCUT2D eigenvalue weighted by atomic mass is 9.73. The van der Waals surface area contributed by atoms with Gasteiger partial charge in [0.05, 0.1) is 11.7 Å². The van der Waals surface area contributed by atoms with Crippen LogP contribution in [0.2, 0.25) is 0 Å². The van der Waals surface area contributed by atoms with Crippen LogP contribution in [0.4, 0.5) is 0 Å². The zero-order valence-corrected chi connectivity index (χ0v) is 17.6. The lowest BCUT2D eigenvalue weighted by Crippen LogP contribution is -2.40. The van der Waals surface area contributed by atoms with Gasteiger partial charge < -0.3 is 14.4 Å². The van der Waals surface area contributed by atoms with Gasteiger partial charge in [-0.25, -0.2) is 0 Å². The Balaban J connectivity index is 1.18. The predicted octanol–water partition coefficient (Wildman–Crippen LogP) is 3.81. The molecule has 0 unspecified atom stereocenters. The van der Waals surface area contributed by atoms with Crippen molar-refractivity contribution >= 4 is 0 Å². The first kappa shape index (κ1) is 19.1. The van der Waals surface area contributed by atoms with Crippen molar-refractivity contribution in [2.24, 2.45) is 11.8 Å². The summed E-state index contributed by atoms with van der Waals surface area (Å²) in [6.07, 6.45) is 2.98. The van der Waals surface area contributed by atoms with E-state index in [0.717, 1.165) is 25.4 Å². The van der Waals surface area contributed by atoms with Crippen molar-refractivity contribution in [1.82, 2.24) is 9.80 Å². The first-order valence-electron chi connectivity index (χ1n) is 10.9. The minimum absolute atomic E-state index is 0.129. The van der Waals surface area contributed by atoms with E-state index >= 15 is 0 Å². The molecule has 0 saturated carbocycles. The maximum absolute atomic E-state index is 6.57. The van der Waals surface area contributed by atoms with Gasteiger partial charge in [-0.1, -0.05) is 42.5 Å². The zero-order valence-electron chi connectivity index (χ0n) is 17.6. The van der Waals surface area contributed by atoms with Gasteiger partial charge in [-0.05, 0) is 50.2 Å². The summed E-state index contributed by atoms with van der Waals surface area (Å²) in [6.45, 7) is 5.02. The van der Waals surface area contributed by atoms with Crippen LogP contribution in [0.3, 0.4) is 0 Å². The molecule has 2 aromatic carbocycles. The molecular formula is C25H32N2O2. The fourth-order valence-electron chi connectivity index (χ4n) is 5.76. The molecule has 0 radical (unpaired) electrons. The topological polar surface area (TPSA) is 24.9 Å². The Morgan fingerprint density at radius 1 is 1.07 bits per heavy atom. The average Bonchev–Trinajstić information content (AvgIpc) is 3.37. The first-order valence-corrected chi connectivity index (χ1v) is 10.9. The van der Waals surface area contributed by atoms with Crippen molar-refractivity contribution in [3.8, 4) is 5.75 Å². The van der Waals surface area contributed by atoms with E-state index in [2.05, 4.69) is 60.3 Å². The van der Waals surface area contributed by atoms with E-state index in [0.29, 0.717) is 24.5 Å². The Morgan fingerprint density at radius 3 is 2.62 bits per heavy atom. The number of likely N-dealkylation sites (tertiary alicyclic amines) is 1. The average molecular weight is 393 g/mol. The summed E-state index contributed by atoms with van der Waals surface area (Å²) in [6, 6.07) is 18.9. The molecule has 2 bridgehead atoms. The van der Waals surface area contributed by atoms with E-state index in [-0.39, 0.29) is 5.60 Å². The Labute approximate surface area is 174 Å². The molecule has 3 saturated heterocycles. The van der Waals surface area contributed by atoms with Gasteiger partial charge in [-0.3, -0.25) is 4.90 Å². The van der Waals surface area contributed by atoms with Gasteiger partial charge in [0.2, 0.25) is 0 Å². The van der Waals surface area contributed by atoms with Crippen LogP contribution in [0.25, 0.3) is 0 Å². The van der Waals surface area contributed by atoms with Gasteiger partial charge in [-0.2, -0.15) is 0 Å². The minimum atomic E-state index is 0.129. The van der Waals surface area contributed by atoms with Crippen molar-refractivity contribution in [2.45, 2.75) is 37.7 Å². The highest BCUT2D eigenvalue weighted by Gasteiger charge is 2.62. The molecule has 29 heavy (non-hydrogen) atoms. The molecule has 3 heterocycles. The van der Waals surface area contributed by atoms with Gasteiger partial charge >= 0.3 is 0 Å². The fraction of sp³-hybridized carbons (Fsp3) is 0.520. The summed E-state index contributed by atoms with van der Waals surface area (Å²) >= 11 is 0. The normalized spacial score (nSPS) is 30.8. The number of rotatable bonds is 7. The molecule has 0 aromatic heterocycles. The Hall–Kier alpha value is -1.88. The molecule has 4 nitrogen and oxygen atoms in total. The molecule has 154 valence electrons. The molecule has 0 amide bonds. The third-order valence-electron chi connectivity index (χ3n) is 7.01. The molecule has 0 N–H and O–H groups in total. The maximum atomic E-state index is 6.57. The number of fused-ring (bicyclic) bond motifs is 1. The molecule has 3 fully saturated rings. The smallest absolute Gasteiger partial charge is 0.119 e. The van der Waals surface area contributed by atoms with Crippen LogP contribution >= 0.6 is 0 Å². The number of hydrogen-bond acceptors (Lipinski definition) is 4. The second-order valence-electron chi connectivity index (χ2n) is 9.38. The van der Waals surface area contributed by atoms with Crippen molar-refractivity contribution in [3.63, 3.8) is 0 Å². The highest BCUT2D eigenvalue weighted by atomic mass is 16.5. The Kier molecular flexibility index (Phi) is 5.10. The molecule has 2 aromatic rings. The highest BCUT2D eigenvalue weighted by Crippen LogP contribution is 2.55. The zero-order chi connectivity index (χ0) is 19.8. The number of benzene rings is 2. The van der Waals surface area contributed by atoms with Crippen molar-refractivity contribution in [3.05, 3.63) is 65.7 Å². The number of hydrogen-bond donors (Lipinski definition) is 0. The second kappa shape index (κ2) is 7.75. The molecule has 4 heteroatoms. The van der Waals surface area contributed by atoms with Crippen LogP contribution < -0.4 is 4.74 Å². The van der Waals surface area contributed by atoms with Crippen LogP contribution in [-0.2, 0) is 17.9 Å². The molecule has 3 aliphatic heterocycles. The van der Waals surface area contributed by atoms with Gasteiger partial charge in [0, 0.05) is 38.0 Å². The van der Waals surface area contributed by atoms with Crippen LogP contribution in [0.1, 0.15) is 24.0 Å². The number of nitrogens with zero attached hydrogens (tertiary/aromatic N) is 2. The Bertz CT molecular complexity index is 822. The van der Waals surface area contributed by atoms with Crippen LogP contribution in [0, 0.1) is 11.8 Å². The van der Waals surface area contributed by atoms with Gasteiger partial charge in [0.15, 0.2) is 0 Å². The summed E-state index contributed by atoms with van der Waals surface area (Å²) in [7, 11) is 4.37. The summed E-state index contributed by atoms with van der Waals surface area (Å²) in [4.78, 5) is 4.94. The van der Waals surface area contributed by atoms with Gasteiger partial charge in [0.25, 0.3) is 0 Å². The van der Waals surface area contributed by atoms with E-state index in [1.54, 1.807) is 0 Å². The summed E-state index contributed by atoms with van der Waals surface area (Å²) in [5, 5.41) is 0. The Morgan fingerprint density at radius 2 is 1.86 bits per heavy atom. The van der Waals surface area contributed by atoms with Crippen molar-refractivity contribution in [2.75, 3.05) is 33.7 Å². The van der Waals surface area contributed by atoms with Crippen molar-refractivity contribution in [1.29, 1.82) is 0 Å². The lowest BCUT2D eigenvalue weighted by molar-refractivity contribution is 0.00145. The maximum Gasteiger partial charge on any atom is 0.119 e. The van der Waals surface area contributed by atoms with Crippen LogP contribution in [0.5, 0.6) is 5.75 Å². The number of ether oxygens (including phenoxy) is 2. The standard InChI is InChI=1S/C25H32N2O2/c1-26(2)15-22-23-16-27(18-25(23)13-12-24(22)29-25)14-19-8-10-21(11-9-19)28-17-20-6-4-3-5-7-20/h3-11,22-24H,12-18H2,1-2H3/t22-,23+,24+,25+/m0/s1. The van der Waals surface area contributed by atoms with E-state index in [9.17, 15) is 0 Å². The van der Waals surface area contributed by atoms with E-state index < -0.39 is 0 Å². The second-order valence-corrected chi connectivity index (χ2v) is 9.38. The van der Waals surface area contributed by atoms with E-state index in [4.69, 9.17) is 9.47 Å². The molecule has 4 atom stereocenters. The monoisotopic (exact) mass is 392 g/mol. The lowest BCUT2D eigenvalue weighted by Gasteiger charge is -2.31. The van der Waals surface area contributed by atoms with Gasteiger partial charge in [-0.15, -0.1) is 0 Å². The highest BCUT2D eigenvalue weighted by molar-refractivity contribution is 5.28. The summed E-state index contributed by atoms with van der Waals surface area (Å²) < 4.78 is 12.5. The van der Waals surface area contributed by atoms with E-state index in [1.165, 1.54) is 30.5 Å². The third-order valence-corrected chi connectivity index (χ3v) is 7.01. The van der Waals surface area contributed by atoms with Crippen LogP contribution in [-0.4, -0.2) is 55.2 Å².